The number of nitrogens with one attached hydrogen (secondary N) is 1. The van der Waals surface area contributed by atoms with Gasteiger partial charge in [0.2, 0.25) is 10.0 Å². The van der Waals surface area contributed by atoms with Gasteiger partial charge in [0, 0.05) is 6.04 Å². The molecular formula is C12H18F3N3O2S. The normalized spacial score (nSPS) is 12.7. The van der Waals surface area contributed by atoms with Crippen LogP contribution in [0.4, 0.5) is 24.5 Å². The maximum atomic E-state index is 12.7. The van der Waals surface area contributed by atoms with Crippen molar-refractivity contribution in [3.8, 4) is 0 Å². The number of nitrogens with two attached hydrogens (primary N) is 1. The van der Waals surface area contributed by atoms with Crippen LogP contribution in [0, 0.1) is 0 Å². The zero-order valence-electron chi connectivity index (χ0n) is 11.9. The van der Waals surface area contributed by atoms with E-state index in [1.54, 1.807) is 13.8 Å². The van der Waals surface area contributed by atoms with E-state index >= 15 is 0 Å². The minimum absolute atomic E-state index is 0.0404. The van der Waals surface area contributed by atoms with Crippen molar-refractivity contribution in [1.82, 2.24) is 4.72 Å². The van der Waals surface area contributed by atoms with Crippen molar-refractivity contribution in [2.45, 2.75) is 31.0 Å². The van der Waals surface area contributed by atoms with Crippen LogP contribution in [-0.2, 0) is 10.0 Å². The summed E-state index contributed by atoms with van der Waals surface area (Å²) in [5.41, 5.74) is 5.83. The van der Waals surface area contributed by atoms with E-state index < -0.39 is 28.8 Å². The number of hydrogen-bond acceptors (Lipinski definition) is 4. The molecule has 0 saturated heterocycles. The van der Waals surface area contributed by atoms with E-state index in [4.69, 9.17) is 5.73 Å². The highest BCUT2D eigenvalue weighted by atomic mass is 32.2. The third-order valence-electron chi connectivity index (χ3n) is 2.86. The molecule has 9 heteroatoms. The Morgan fingerprint density at radius 3 is 2.33 bits per heavy atom. The first-order valence-corrected chi connectivity index (χ1v) is 7.62. The first-order valence-electron chi connectivity index (χ1n) is 6.14. The maximum absolute atomic E-state index is 12.7. The third-order valence-corrected chi connectivity index (χ3v) is 4.28. The van der Waals surface area contributed by atoms with Gasteiger partial charge in [0.15, 0.2) is 0 Å². The predicted octanol–water partition coefficient (Wildman–Crippen LogP) is 1.95. The second-order valence-electron chi connectivity index (χ2n) is 4.77. The van der Waals surface area contributed by atoms with Crippen LogP contribution < -0.4 is 15.4 Å². The Morgan fingerprint density at radius 1 is 1.33 bits per heavy atom. The molecule has 0 radical (unpaired) electrons. The lowest BCUT2D eigenvalue weighted by Gasteiger charge is -2.31. The molecule has 1 rings (SSSR count). The molecule has 0 aliphatic heterocycles. The summed E-state index contributed by atoms with van der Waals surface area (Å²) in [5.74, 6) is 0. The lowest BCUT2D eigenvalue weighted by Crippen LogP contribution is -2.39. The van der Waals surface area contributed by atoms with Crippen LogP contribution in [-0.4, -0.2) is 34.2 Å². The van der Waals surface area contributed by atoms with Crippen molar-refractivity contribution in [3.63, 3.8) is 0 Å². The fourth-order valence-corrected chi connectivity index (χ4v) is 2.55. The zero-order valence-corrected chi connectivity index (χ0v) is 12.7. The number of sulfonamides is 1. The Bertz CT molecular complexity index is 600. The molecule has 0 aromatic heterocycles. The predicted molar refractivity (Wildman–Crippen MR) is 75.6 cm³/mol. The highest BCUT2D eigenvalue weighted by Crippen LogP contribution is 2.31. The Labute approximate surface area is 122 Å². The number of nitrogen functional groups attached to an aromatic ring is 1. The van der Waals surface area contributed by atoms with Crippen molar-refractivity contribution < 1.29 is 21.6 Å². The molecule has 120 valence electrons. The number of anilines is 2. The van der Waals surface area contributed by atoms with E-state index in [0.29, 0.717) is 0 Å². The van der Waals surface area contributed by atoms with Crippen molar-refractivity contribution in [2.24, 2.45) is 0 Å². The minimum Gasteiger partial charge on any atom is -0.397 e. The summed E-state index contributed by atoms with van der Waals surface area (Å²) >= 11 is 0. The van der Waals surface area contributed by atoms with Gasteiger partial charge in [0.25, 0.3) is 0 Å². The molecule has 0 aliphatic carbocycles. The van der Waals surface area contributed by atoms with Crippen LogP contribution in [0.15, 0.2) is 23.1 Å². The molecule has 0 heterocycles. The average molecular weight is 325 g/mol. The second kappa shape index (κ2) is 6.10. The zero-order chi connectivity index (χ0) is 16.4. The highest BCUT2D eigenvalue weighted by Gasteiger charge is 2.33. The number of rotatable bonds is 5. The molecule has 0 atom stereocenters. The third kappa shape index (κ3) is 4.50. The van der Waals surface area contributed by atoms with Crippen LogP contribution >= 0.6 is 0 Å². The van der Waals surface area contributed by atoms with Crippen LogP contribution in [0.5, 0.6) is 0 Å². The molecule has 0 aliphatic rings. The van der Waals surface area contributed by atoms with Gasteiger partial charge in [-0.15, -0.1) is 0 Å². The molecule has 21 heavy (non-hydrogen) atoms. The summed E-state index contributed by atoms with van der Waals surface area (Å²) in [5, 5.41) is 0. The standard InChI is InChI=1S/C12H18F3N3O2S/c1-8(2)18(7-12(13,14)15)11-6-9(4-5-10(11)16)21(19,20)17-3/h4-6,8,17H,7,16H2,1-3H3. The molecule has 3 N–H and O–H groups in total. The fourth-order valence-electron chi connectivity index (χ4n) is 1.80. The molecular weight excluding hydrogens is 307 g/mol. The van der Waals surface area contributed by atoms with Gasteiger partial charge in [-0.1, -0.05) is 0 Å². The largest absolute Gasteiger partial charge is 0.405 e. The van der Waals surface area contributed by atoms with Crippen molar-refractivity contribution in [2.75, 3.05) is 24.2 Å². The van der Waals surface area contributed by atoms with Gasteiger partial charge in [-0.3, -0.25) is 0 Å². The monoisotopic (exact) mass is 325 g/mol. The van der Waals surface area contributed by atoms with Crippen molar-refractivity contribution >= 4 is 21.4 Å². The van der Waals surface area contributed by atoms with Gasteiger partial charge in [0.1, 0.15) is 6.54 Å². The van der Waals surface area contributed by atoms with Crippen LogP contribution in [0.2, 0.25) is 0 Å². The van der Waals surface area contributed by atoms with Crippen LogP contribution in [0.3, 0.4) is 0 Å². The maximum Gasteiger partial charge on any atom is 0.405 e. The van der Waals surface area contributed by atoms with E-state index in [1.165, 1.54) is 19.2 Å². The number of halogens is 3. The van der Waals surface area contributed by atoms with E-state index in [0.717, 1.165) is 11.0 Å². The average Bonchev–Trinajstić information content (AvgIpc) is 2.35. The molecule has 0 amide bonds. The topological polar surface area (TPSA) is 75.4 Å². The van der Waals surface area contributed by atoms with Crippen molar-refractivity contribution in [1.29, 1.82) is 0 Å². The fraction of sp³-hybridized carbons (Fsp3) is 0.500. The Balaban J connectivity index is 3.35. The highest BCUT2D eigenvalue weighted by molar-refractivity contribution is 7.89. The molecule has 0 fully saturated rings. The lowest BCUT2D eigenvalue weighted by atomic mass is 10.2. The first-order chi connectivity index (χ1) is 9.48. The summed E-state index contributed by atoms with van der Waals surface area (Å²) < 4.78 is 63.6. The van der Waals surface area contributed by atoms with Crippen molar-refractivity contribution in [3.05, 3.63) is 18.2 Å². The lowest BCUT2D eigenvalue weighted by molar-refractivity contribution is -0.120. The number of hydrogen-bond donors (Lipinski definition) is 2. The van der Waals surface area contributed by atoms with E-state index in [1.807, 2.05) is 0 Å². The quantitative estimate of drug-likeness (QED) is 0.812. The summed E-state index contributed by atoms with van der Waals surface area (Å²) in [6.45, 7) is 1.94. The molecule has 0 unspecified atom stereocenters. The summed E-state index contributed by atoms with van der Waals surface area (Å²) in [6.07, 6.45) is -4.42. The van der Waals surface area contributed by atoms with Gasteiger partial charge >= 0.3 is 6.18 Å². The number of nitrogens with zero attached hydrogens (tertiary/aromatic N) is 1. The Hall–Kier alpha value is -1.48. The number of alkyl halides is 3. The smallest absolute Gasteiger partial charge is 0.397 e. The minimum atomic E-state index is -4.42. The van der Waals surface area contributed by atoms with Gasteiger partial charge < -0.3 is 10.6 Å². The van der Waals surface area contributed by atoms with E-state index in [2.05, 4.69) is 4.72 Å². The molecule has 5 nitrogen and oxygen atoms in total. The Morgan fingerprint density at radius 2 is 1.90 bits per heavy atom. The summed E-state index contributed by atoms with van der Waals surface area (Å²) in [4.78, 5) is 0.881. The molecule has 0 saturated carbocycles. The van der Waals surface area contributed by atoms with Crippen LogP contribution in [0.1, 0.15) is 13.8 Å². The molecule has 1 aromatic carbocycles. The molecule has 1 aromatic rings. The SMILES string of the molecule is CNS(=O)(=O)c1ccc(N)c(N(CC(F)(F)F)C(C)C)c1. The van der Waals surface area contributed by atoms with Gasteiger partial charge in [-0.25, -0.2) is 13.1 Å². The Kier molecular flexibility index (Phi) is 5.11. The van der Waals surface area contributed by atoms with Gasteiger partial charge in [-0.05, 0) is 39.1 Å². The van der Waals surface area contributed by atoms with Gasteiger partial charge in [0.05, 0.1) is 16.3 Å². The van der Waals surface area contributed by atoms with Gasteiger partial charge in [-0.2, -0.15) is 13.2 Å². The van der Waals surface area contributed by atoms with E-state index in [9.17, 15) is 21.6 Å². The molecule has 0 bridgehead atoms. The first kappa shape index (κ1) is 17.6. The number of benzene rings is 1. The summed E-state index contributed by atoms with van der Waals surface area (Å²) in [7, 11) is -2.53. The summed E-state index contributed by atoms with van der Waals surface area (Å²) in [6, 6.07) is 3.18. The van der Waals surface area contributed by atoms with Crippen LogP contribution in [0.25, 0.3) is 0 Å². The molecule has 0 spiro atoms. The van der Waals surface area contributed by atoms with E-state index in [-0.39, 0.29) is 16.3 Å². The second-order valence-corrected chi connectivity index (χ2v) is 6.65.